The Morgan fingerprint density at radius 1 is 1.37 bits per heavy atom. The highest BCUT2D eigenvalue weighted by Crippen LogP contribution is 2.15. The van der Waals surface area contributed by atoms with Gasteiger partial charge in [-0.25, -0.2) is 4.98 Å². The van der Waals surface area contributed by atoms with Gasteiger partial charge < -0.3 is 10.3 Å². The van der Waals surface area contributed by atoms with Crippen LogP contribution in [0.25, 0.3) is 0 Å². The number of aromatic nitrogens is 2. The molecule has 0 saturated heterocycles. The Morgan fingerprint density at radius 3 is 2.79 bits per heavy atom. The van der Waals surface area contributed by atoms with E-state index in [0.29, 0.717) is 12.3 Å². The van der Waals surface area contributed by atoms with Crippen LogP contribution in [-0.2, 0) is 23.8 Å². The summed E-state index contributed by atoms with van der Waals surface area (Å²) in [5.41, 5.74) is 8.45. The maximum absolute atomic E-state index is 11.2. The second-order valence-electron chi connectivity index (χ2n) is 4.59. The van der Waals surface area contributed by atoms with Crippen LogP contribution in [0.15, 0.2) is 42.9 Å². The maximum atomic E-state index is 11.2. The summed E-state index contributed by atoms with van der Waals surface area (Å²) in [6.07, 6.45) is 6.04. The molecule has 2 N–H and O–H groups in total. The minimum atomic E-state index is -0.799. The lowest BCUT2D eigenvalue weighted by molar-refractivity contribution is 0.617. The van der Waals surface area contributed by atoms with Crippen LogP contribution in [0.5, 0.6) is 0 Å². The first kappa shape index (κ1) is 14.0. The van der Waals surface area contributed by atoms with Crippen LogP contribution in [0.1, 0.15) is 17.3 Å². The van der Waals surface area contributed by atoms with Crippen molar-refractivity contribution in [1.29, 1.82) is 0 Å². The SMILES string of the molecule is CS(=O)CCn1cncc1[C@H](N)Cc1ccccc1. The van der Waals surface area contributed by atoms with Gasteiger partial charge in [0.05, 0.1) is 18.1 Å². The fourth-order valence-electron chi connectivity index (χ4n) is 2.03. The minimum Gasteiger partial charge on any atom is -0.332 e. The van der Waals surface area contributed by atoms with Gasteiger partial charge >= 0.3 is 0 Å². The second-order valence-corrected chi connectivity index (χ2v) is 6.14. The molecule has 0 saturated carbocycles. The smallest absolute Gasteiger partial charge is 0.0948 e. The summed E-state index contributed by atoms with van der Waals surface area (Å²) in [4.78, 5) is 4.15. The van der Waals surface area contributed by atoms with Gasteiger partial charge in [-0.15, -0.1) is 0 Å². The molecule has 2 aromatic rings. The van der Waals surface area contributed by atoms with Gasteiger partial charge in [-0.2, -0.15) is 0 Å². The van der Waals surface area contributed by atoms with E-state index in [1.54, 1.807) is 18.8 Å². The van der Waals surface area contributed by atoms with Crippen LogP contribution >= 0.6 is 0 Å². The van der Waals surface area contributed by atoms with Crippen molar-refractivity contribution in [3.05, 3.63) is 54.1 Å². The van der Waals surface area contributed by atoms with Crippen molar-refractivity contribution < 1.29 is 4.21 Å². The summed E-state index contributed by atoms with van der Waals surface area (Å²) >= 11 is 0. The molecule has 5 heteroatoms. The van der Waals surface area contributed by atoms with E-state index in [2.05, 4.69) is 17.1 Å². The van der Waals surface area contributed by atoms with E-state index in [1.807, 2.05) is 22.8 Å². The second kappa shape index (κ2) is 6.63. The zero-order valence-corrected chi connectivity index (χ0v) is 11.8. The van der Waals surface area contributed by atoms with Crippen molar-refractivity contribution in [2.75, 3.05) is 12.0 Å². The number of rotatable bonds is 6. The first-order chi connectivity index (χ1) is 9.16. The van der Waals surface area contributed by atoms with Gasteiger partial charge in [0.25, 0.3) is 0 Å². The Hall–Kier alpha value is -1.46. The van der Waals surface area contributed by atoms with Gasteiger partial charge in [0, 0.05) is 35.5 Å². The third-order valence-electron chi connectivity index (χ3n) is 3.04. The third-order valence-corrected chi connectivity index (χ3v) is 3.80. The molecular weight excluding hydrogens is 258 g/mol. The molecular formula is C14H19N3OS. The average Bonchev–Trinajstić information content (AvgIpc) is 2.86. The molecule has 1 unspecified atom stereocenters. The van der Waals surface area contributed by atoms with E-state index in [1.165, 1.54) is 5.56 Å². The van der Waals surface area contributed by atoms with Crippen molar-refractivity contribution >= 4 is 10.8 Å². The number of hydrogen-bond acceptors (Lipinski definition) is 3. The number of hydrogen-bond donors (Lipinski definition) is 1. The Balaban J connectivity index is 2.05. The predicted octanol–water partition coefficient (Wildman–Crippen LogP) is 1.50. The van der Waals surface area contributed by atoms with Gasteiger partial charge in [0.1, 0.15) is 0 Å². The molecule has 19 heavy (non-hydrogen) atoms. The highest BCUT2D eigenvalue weighted by atomic mass is 32.2. The van der Waals surface area contributed by atoms with Gasteiger partial charge in [-0.05, 0) is 12.0 Å². The highest BCUT2D eigenvalue weighted by molar-refractivity contribution is 7.84. The van der Waals surface area contributed by atoms with Crippen LogP contribution in [-0.4, -0.2) is 25.8 Å². The molecule has 0 amide bonds. The van der Waals surface area contributed by atoms with Gasteiger partial charge in [0.15, 0.2) is 0 Å². The summed E-state index contributed by atoms with van der Waals surface area (Å²) in [7, 11) is -0.799. The first-order valence-electron chi connectivity index (χ1n) is 6.26. The first-order valence-corrected chi connectivity index (χ1v) is 7.99. The van der Waals surface area contributed by atoms with Crippen LogP contribution in [0.4, 0.5) is 0 Å². The lowest BCUT2D eigenvalue weighted by Crippen LogP contribution is -2.19. The number of imidazole rings is 1. The minimum absolute atomic E-state index is 0.0878. The summed E-state index contributed by atoms with van der Waals surface area (Å²) in [6, 6.07) is 10.1. The molecule has 102 valence electrons. The summed E-state index contributed by atoms with van der Waals surface area (Å²) in [5, 5.41) is 0. The lowest BCUT2D eigenvalue weighted by Gasteiger charge is -2.14. The van der Waals surface area contributed by atoms with Crippen molar-refractivity contribution in [2.24, 2.45) is 5.73 Å². The van der Waals surface area contributed by atoms with Crippen LogP contribution in [0.2, 0.25) is 0 Å². The van der Waals surface area contributed by atoms with Crippen molar-refractivity contribution in [3.8, 4) is 0 Å². The molecule has 0 radical (unpaired) electrons. The number of benzene rings is 1. The summed E-state index contributed by atoms with van der Waals surface area (Å²) in [6.45, 7) is 0.695. The fourth-order valence-corrected chi connectivity index (χ4v) is 2.48. The number of nitrogens with zero attached hydrogens (tertiary/aromatic N) is 2. The molecule has 2 atom stereocenters. The van der Waals surface area contributed by atoms with E-state index < -0.39 is 10.8 Å². The van der Waals surface area contributed by atoms with Gasteiger partial charge in [-0.3, -0.25) is 4.21 Å². The Morgan fingerprint density at radius 2 is 2.11 bits per heavy atom. The molecule has 0 spiro atoms. The summed E-state index contributed by atoms with van der Waals surface area (Å²) in [5.74, 6) is 0.626. The van der Waals surface area contributed by atoms with E-state index in [9.17, 15) is 4.21 Å². The quantitative estimate of drug-likeness (QED) is 0.870. The molecule has 4 nitrogen and oxygen atoms in total. The van der Waals surface area contributed by atoms with Gasteiger partial charge in [0.2, 0.25) is 0 Å². The largest absolute Gasteiger partial charge is 0.332 e. The maximum Gasteiger partial charge on any atom is 0.0948 e. The van der Waals surface area contributed by atoms with Crippen molar-refractivity contribution in [1.82, 2.24) is 9.55 Å². The molecule has 0 aliphatic rings. The van der Waals surface area contributed by atoms with E-state index in [4.69, 9.17) is 5.73 Å². The standard InChI is InChI=1S/C14H19N3OS/c1-19(18)8-7-17-11-16-10-14(17)13(15)9-12-5-3-2-4-6-12/h2-6,10-11,13H,7-9,15H2,1H3/t13-,19?/m1/s1. The van der Waals surface area contributed by atoms with E-state index in [-0.39, 0.29) is 6.04 Å². The predicted molar refractivity (Wildman–Crippen MR) is 78.2 cm³/mol. The zero-order valence-electron chi connectivity index (χ0n) is 11.0. The monoisotopic (exact) mass is 277 g/mol. The molecule has 0 aliphatic carbocycles. The molecule has 0 aliphatic heterocycles. The average molecular weight is 277 g/mol. The summed E-state index contributed by atoms with van der Waals surface area (Å²) < 4.78 is 13.2. The molecule has 2 rings (SSSR count). The van der Waals surface area contributed by atoms with E-state index >= 15 is 0 Å². The normalized spacial score (nSPS) is 14.2. The Bertz CT molecular complexity index is 539. The topological polar surface area (TPSA) is 60.9 Å². The van der Waals surface area contributed by atoms with Crippen molar-refractivity contribution in [3.63, 3.8) is 0 Å². The van der Waals surface area contributed by atoms with Crippen LogP contribution in [0, 0.1) is 0 Å². The number of nitrogens with two attached hydrogens (primary N) is 1. The molecule has 1 aromatic carbocycles. The Kier molecular flexibility index (Phi) is 4.87. The fraction of sp³-hybridized carbons (Fsp3) is 0.357. The third kappa shape index (κ3) is 4.01. The van der Waals surface area contributed by atoms with Gasteiger partial charge in [-0.1, -0.05) is 30.3 Å². The lowest BCUT2D eigenvalue weighted by atomic mass is 10.0. The molecule has 1 heterocycles. The van der Waals surface area contributed by atoms with E-state index in [0.717, 1.165) is 12.1 Å². The zero-order chi connectivity index (χ0) is 13.7. The Labute approximate surface area is 116 Å². The molecule has 0 fully saturated rings. The molecule has 0 bridgehead atoms. The van der Waals surface area contributed by atoms with Crippen molar-refractivity contribution in [2.45, 2.75) is 19.0 Å². The van der Waals surface area contributed by atoms with Crippen LogP contribution in [0.3, 0.4) is 0 Å². The number of aryl methyl sites for hydroxylation is 1. The van der Waals surface area contributed by atoms with Crippen LogP contribution < -0.4 is 5.73 Å². The molecule has 1 aromatic heterocycles. The highest BCUT2D eigenvalue weighted by Gasteiger charge is 2.12.